The highest BCUT2D eigenvalue weighted by molar-refractivity contribution is 7.17. The number of alkyl halides is 2. The van der Waals surface area contributed by atoms with E-state index in [1.807, 2.05) is 22.9 Å². The number of hydrogen-bond donors (Lipinski definition) is 2. The molecule has 4 heterocycles. The molecule has 24 heavy (non-hydrogen) atoms. The molecule has 4 aromatic heterocycles. The van der Waals surface area contributed by atoms with Crippen LogP contribution in [0.15, 0.2) is 35.3 Å². The Morgan fingerprint density at radius 2 is 1.38 bits per heavy atom. The molecular formula is C17H14F2N2OS2. The second-order valence-corrected chi connectivity index (χ2v) is 7.46. The highest BCUT2D eigenvalue weighted by Gasteiger charge is 2.32. The van der Waals surface area contributed by atoms with Gasteiger partial charge >= 0.3 is 0 Å². The summed E-state index contributed by atoms with van der Waals surface area (Å²) in [7, 11) is 0. The van der Waals surface area contributed by atoms with Gasteiger partial charge in [-0.25, -0.2) is 8.78 Å². The van der Waals surface area contributed by atoms with Crippen LogP contribution in [0.3, 0.4) is 0 Å². The molecule has 0 amide bonds. The average Bonchev–Trinajstić information content (AvgIpc) is 3.31. The fourth-order valence-corrected chi connectivity index (χ4v) is 4.74. The van der Waals surface area contributed by atoms with E-state index < -0.39 is 31.0 Å². The maximum atomic E-state index is 13.7. The second kappa shape index (κ2) is 6.14. The fourth-order valence-electron chi connectivity index (χ4n) is 3.18. The van der Waals surface area contributed by atoms with Gasteiger partial charge in [-0.1, -0.05) is 0 Å². The van der Waals surface area contributed by atoms with Crippen molar-refractivity contribution in [2.75, 3.05) is 13.3 Å². The zero-order valence-electron chi connectivity index (χ0n) is 12.5. The van der Waals surface area contributed by atoms with Gasteiger partial charge in [-0.05, 0) is 34.0 Å². The van der Waals surface area contributed by atoms with Gasteiger partial charge in [0, 0.05) is 23.2 Å². The van der Waals surface area contributed by atoms with E-state index in [0.717, 1.165) is 20.4 Å². The molecule has 0 aliphatic rings. The molecule has 4 aromatic rings. The molecule has 0 bridgehead atoms. The van der Waals surface area contributed by atoms with Gasteiger partial charge in [0.2, 0.25) is 0 Å². The Labute approximate surface area is 144 Å². The van der Waals surface area contributed by atoms with Crippen molar-refractivity contribution in [2.45, 2.75) is 11.8 Å². The number of carbonyl (C=O) groups is 1. The van der Waals surface area contributed by atoms with Crippen molar-refractivity contribution in [1.29, 1.82) is 0 Å². The number of Topliss-reactive ketones (excluding diaryl/α,β-unsaturated/α-hetero) is 1. The van der Waals surface area contributed by atoms with E-state index in [9.17, 15) is 13.6 Å². The molecule has 7 heteroatoms. The first-order valence-electron chi connectivity index (χ1n) is 7.49. The third kappa shape index (κ3) is 2.31. The Morgan fingerprint density at radius 1 is 0.917 bits per heavy atom. The molecule has 0 saturated heterocycles. The maximum Gasteiger partial charge on any atom is 0.153 e. The largest absolute Gasteiger partial charge is 0.353 e. The van der Waals surface area contributed by atoms with Crippen LogP contribution in [0.2, 0.25) is 0 Å². The first-order valence-corrected chi connectivity index (χ1v) is 9.25. The number of hydrogen-bond acceptors (Lipinski definition) is 3. The molecule has 0 spiro atoms. The molecule has 0 aliphatic carbocycles. The zero-order chi connectivity index (χ0) is 16.7. The van der Waals surface area contributed by atoms with E-state index in [0.29, 0.717) is 11.1 Å². The number of carbonyl (C=O) groups excluding carboxylic acids is 1. The Balaban J connectivity index is 1.74. The summed E-state index contributed by atoms with van der Waals surface area (Å²) in [5, 5.41) is 5.45. The number of thiophene rings is 2. The van der Waals surface area contributed by atoms with Gasteiger partial charge < -0.3 is 9.97 Å². The highest BCUT2D eigenvalue weighted by atomic mass is 32.1. The summed E-state index contributed by atoms with van der Waals surface area (Å²) < 4.78 is 27.5. The van der Waals surface area contributed by atoms with Crippen LogP contribution < -0.4 is 0 Å². The van der Waals surface area contributed by atoms with Crippen molar-refractivity contribution >= 4 is 48.9 Å². The molecule has 0 aromatic carbocycles. The summed E-state index contributed by atoms with van der Waals surface area (Å²) in [4.78, 5) is 20.8. The quantitative estimate of drug-likeness (QED) is 0.488. The van der Waals surface area contributed by atoms with Gasteiger partial charge in [0.05, 0.1) is 21.5 Å². The highest BCUT2D eigenvalue weighted by Crippen LogP contribution is 2.36. The Hall–Kier alpha value is -1.99. The third-order valence-electron chi connectivity index (χ3n) is 4.42. The molecule has 3 nitrogen and oxygen atoms in total. The van der Waals surface area contributed by atoms with Crippen molar-refractivity contribution in [3.8, 4) is 0 Å². The lowest BCUT2D eigenvalue weighted by atomic mass is 9.85. The number of aromatic amines is 2. The smallest absolute Gasteiger partial charge is 0.153 e. The topological polar surface area (TPSA) is 48.6 Å². The van der Waals surface area contributed by atoms with E-state index in [1.54, 1.807) is 12.4 Å². The number of halogens is 2. The van der Waals surface area contributed by atoms with E-state index >= 15 is 0 Å². The van der Waals surface area contributed by atoms with E-state index in [1.165, 1.54) is 22.7 Å². The number of ketones is 1. The molecule has 124 valence electrons. The van der Waals surface area contributed by atoms with Gasteiger partial charge in [0.25, 0.3) is 0 Å². The standard InChI is InChI=1S/C17H14F2N2OS2/c18-5-11(13-7-20-16-9(13)1-3-23-16)15(22)12(6-19)14-8-21-17-10(14)2-4-24-17/h1-4,7-8,11-12,20-21H,5-6H2. The van der Waals surface area contributed by atoms with Crippen LogP contribution in [0.4, 0.5) is 8.78 Å². The maximum absolute atomic E-state index is 13.7. The monoisotopic (exact) mass is 364 g/mol. The van der Waals surface area contributed by atoms with Crippen molar-refractivity contribution < 1.29 is 13.6 Å². The predicted octanol–water partition coefficient (Wildman–Crippen LogP) is 5.15. The summed E-state index contributed by atoms with van der Waals surface area (Å²) in [5.41, 5.74) is 1.21. The van der Waals surface area contributed by atoms with Gasteiger partial charge in [-0.3, -0.25) is 4.79 Å². The third-order valence-corrected chi connectivity index (χ3v) is 6.11. The molecule has 2 N–H and O–H groups in total. The van der Waals surface area contributed by atoms with Gasteiger partial charge in [0.1, 0.15) is 13.3 Å². The first-order chi connectivity index (χ1) is 11.7. The fraction of sp³-hybridized carbons (Fsp3) is 0.235. The second-order valence-electron chi connectivity index (χ2n) is 5.63. The minimum Gasteiger partial charge on any atom is -0.353 e. The average molecular weight is 364 g/mol. The van der Waals surface area contributed by atoms with Crippen LogP contribution in [0.5, 0.6) is 0 Å². The van der Waals surface area contributed by atoms with Crippen LogP contribution in [-0.4, -0.2) is 29.1 Å². The molecule has 4 rings (SSSR count). The lowest BCUT2D eigenvalue weighted by molar-refractivity contribution is -0.122. The number of fused-ring (bicyclic) bond motifs is 2. The van der Waals surface area contributed by atoms with Crippen molar-refractivity contribution in [1.82, 2.24) is 9.97 Å². The van der Waals surface area contributed by atoms with E-state index in [2.05, 4.69) is 9.97 Å². The Bertz CT molecular complexity index is 918. The molecule has 2 atom stereocenters. The summed E-state index contributed by atoms with van der Waals surface area (Å²) in [6.45, 7) is -1.68. The minimum absolute atomic E-state index is 0.417. The van der Waals surface area contributed by atoms with Crippen LogP contribution in [0, 0.1) is 0 Å². The van der Waals surface area contributed by atoms with Crippen LogP contribution >= 0.6 is 22.7 Å². The van der Waals surface area contributed by atoms with Gasteiger partial charge in [-0.15, -0.1) is 22.7 Å². The molecular weight excluding hydrogens is 350 g/mol. The number of aromatic nitrogens is 2. The van der Waals surface area contributed by atoms with Crippen LogP contribution in [0.1, 0.15) is 23.0 Å². The Morgan fingerprint density at radius 3 is 1.79 bits per heavy atom. The van der Waals surface area contributed by atoms with Gasteiger partial charge in [0.15, 0.2) is 5.78 Å². The summed E-state index contributed by atoms with van der Waals surface area (Å²) in [6.07, 6.45) is 3.33. The van der Waals surface area contributed by atoms with Crippen molar-refractivity contribution in [3.63, 3.8) is 0 Å². The number of H-pyrrole nitrogens is 2. The molecule has 0 fully saturated rings. The summed E-state index contributed by atoms with van der Waals surface area (Å²) in [5.74, 6) is -2.34. The molecule has 0 radical (unpaired) electrons. The predicted molar refractivity (Wildman–Crippen MR) is 94.8 cm³/mol. The zero-order valence-corrected chi connectivity index (χ0v) is 14.1. The van der Waals surface area contributed by atoms with E-state index in [-0.39, 0.29) is 0 Å². The SMILES string of the molecule is O=C(C(CF)c1c[nH]c2sccc12)C(CF)c1c[nH]c2sccc12. The summed E-state index contributed by atoms with van der Waals surface area (Å²) >= 11 is 2.99. The minimum atomic E-state index is -0.960. The first kappa shape index (κ1) is 15.5. The lowest BCUT2D eigenvalue weighted by Gasteiger charge is -2.17. The molecule has 0 aliphatic heterocycles. The molecule has 0 saturated carbocycles. The van der Waals surface area contributed by atoms with Crippen molar-refractivity contribution in [3.05, 3.63) is 46.4 Å². The molecule has 2 unspecified atom stereocenters. The Kier molecular flexibility index (Phi) is 3.97. The summed E-state index contributed by atoms with van der Waals surface area (Å²) in [6, 6.07) is 3.72. The van der Waals surface area contributed by atoms with Crippen molar-refractivity contribution in [2.24, 2.45) is 0 Å². The van der Waals surface area contributed by atoms with Crippen LogP contribution in [0.25, 0.3) is 20.4 Å². The number of nitrogens with one attached hydrogen (secondary N) is 2. The number of rotatable bonds is 6. The van der Waals surface area contributed by atoms with E-state index in [4.69, 9.17) is 0 Å². The van der Waals surface area contributed by atoms with Crippen LogP contribution in [-0.2, 0) is 4.79 Å². The normalized spacial score (nSPS) is 14.4. The lowest BCUT2D eigenvalue weighted by Crippen LogP contribution is -2.23. The van der Waals surface area contributed by atoms with Gasteiger partial charge in [-0.2, -0.15) is 0 Å².